The molecule has 3 aliphatic heterocycles. The number of carbonyl (C=O) groups excluding carboxylic acids is 1. The van der Waals surface area contributed by atoms with Crippen LogP contribution in [0.2, 0.25) is 0 Å². The van der Waals surface area contributed by atoms with Crippen LogP contribution in [0.15, 0.2) is 55.4 Å². The number of hydroxylamine groups is 1. The molecule has 12 nitrogen and oxygen atoms in total. The van der Waals surface area contributed by atoms with Gasteiger partial charge in [0, 0.05) is 69.9 Å². The predicted molar refractivity (Wildman–Crippen MR) is 181 cm³/mol. The minimum absolute atomic E-state index is 0.00405. The van der Waals surface area contributed by atoms with Crippen LogP contribution in [-0.2, 0) is 9.63 Å². The molecule has 1 aliphatic carbocycles. The molecule has 1 atom stereocenters. The molecule has 4 heterocycles. The number of aromatic carboxylic acids is 1. The van der Waals surface area contributed by atoms with Gasteiger partial charge in [-0.2, -0.15) is 0 Å². The number of nitrogens with zero attached hydrogens (tertiary/aromatic N) is 6. The Labute approximate surface area is 283 Å². The smallest absolute Gasteiger partial charge is 0.337 e. The van der Waals surface area contributed by atoms with E-state index in [0.717, 1.165) is 64.2 Å². The average Bonchev–Trinajstić information content (AvgIpc) is 3.83. The normalized spacial score (nSPS) is 20.7. The van der Waals surface area contributed by atoms with E-state index in [1.807, 2.05) is 0 Å². The molecule has 0 unspecified atom stereocenters. The first-order valence-corrected chi connectivity index (χ1v) is 16.8. The summed E-state index contributed by atoms with van der Waals surface area (Å²) >= 11 is 0. The third-order valence-electron chi connectivity index (χ3n) is 9.86. The van der Waals surface area contributed by atoms with Crippen LogP contribution in [0.5, 0.6) is 0 Å². The molecule has 14 heteroatoms. The number of nitrogens with one attached hydrogen (secondary N) is 2. The van der Waals surface area contributed by atoms with E-state index in [2.05, 4.69) is 41.9 Å². The number of hydrogen-bond donors (Lipinski definition) is 3. The number of aromatic nitrogens is 2. The van der Waals surface area contributed by atoms with E-state index in [4.69, 9.17) is 4.84 Å². The van der Waals surface area contributed by atoms with E-state index in [0.29, 0.717) is 41.8 Å². The van der Waals surface area contributed by atoms with Crippen LogP contribution < -0.4 is 20.6 Å². The molecule has 1 aromatic heterocycles. The zero-order valence-corrected chi connectivity index (χ0v) is 27.2. The van der Waals surface area contributed by atoms with Gasteiger partial charge in [0.1, 0.15) is 23.8 Å². The maximum absolute atomic E-state index is 14.0. The van der Waals surface area contributed by atoms with Crippen molar-refractivity contribution in [2.75, 3.05) is 66.5 Å². The fraction of sp³-hybridized carbons (Fsp3) is 0.429. The van der Waals surface area contributed by atoms with Crippen LogP contribution in [-0.4, -0.2) is 94.7 Å². The molecule has 258 valence electrons. The number of anilines is 5. The summed E-state index contributed by atoms with van der Waals surface area (Å²) in [6.07, 6.45) is 7.45. The average molecular weight is 675 g/mol. The molecule has 0 radical (unpaired) electrons. The van der Waals surface area contributed by atoms with Gasteiger partial charge in [-0.3, -0.25) is 19.4 Å². The van der Waals surface area contributed by atoms with Crippen molar-refractivity contribution in [3.05, 3.63) is 78.1 Å². The summed E-state index contributed by atoms with van der Waals surface area (Å²) in [5, 5.41) is 17.7. The van der Waals surface area contributed by atoms with Crippen molar-refractivity contribution in [2.45, 2.75) is 50.2 Å². The summed E-state index contributed by atoms with van der Waals surface area (Å²) in [5.74, 6) is -2.39. The Hall–Kier alpha value is -4.66. The van der Waals surface area contributed by atoms with E-state index in [-0.39, 0.29) is 17.1 Å². The van der Waals surface area contributed by atoms with Crippen molar-refractivity contribution < 1.29 is 28.3 Å². The molecule has 2 aromatic carbocycles. The van der Waals surface area contributed by atoms with Gasteiger partial charge in [0.15, 0.2) is 5.82 Å². The maximum Gasteiger partial charge on any atom is 0.337 e. The fourth-order valence-electron chi connectivity index (χ4n) is 7.23. The lowest BCUT2D eigenvalue weighted by Gasteiger charge is -2.43. The highest BCUT2D eigenvalue weighted by atomic mass is 19.1. The Bertz CT molecular complexity index is 1700. The highest BCUT2D eigenvalue weighted by Gasteiger charge is 2.34. The second-order valence-electron chi connectivity index (χ2n) is 13.0. The first-order valence-electron chi connectivity index (χ1n) is 16.8. The molecular formula is C35H40F2N8O4. The summed E-state index contributed by atoms with van der Waals surface area (Å²) in [4.78, 5) is 46.9. The second kappa shape index (κ2) is 14.1. The van der Waals surface area contributed by atoms with E-state index >= 15 is 0 Å². The van der Waals surface area contributed by atoms with Gasteiger partial charge < -0.3 is 20.6 Å². The molecule has 3 saturated heterocycles. The molecule has 3 aromatic rings. The third-order valence-corrected chi connectivity index (χ3v) is 9.86. The molecule has 1 amide bonds. The Morgan fingerprint density at radius 1 is 0.857 bits per heavy atom. The largest absolute Gasteiger partial charge is 0.478 e. The van der Waals surface area contributed by atoms with Crippen molar-refractivity contribution in [1.82, 2.24) is 19.8 Å². The molecule has 0 spiro atoms. The number of benzene rings is 2. The van der Waals surface area contributed by atoms with Gasteiger partial charge in [0.25, 0.3) is 0 Å². The third kappa shape index (κ3) is 7.36. The van der Waals surface area contributed by atoms with Gasteiger partial charge in [-0.15, -0.1) is 0 Å². The van der Waals surface area contributed by atoms with Crippen LogP contribution >= 0.6 is 0 Å². The summed E-state index contributed by atoms with van der Waals surface area (Å²) in [7, 11) is 0. The van der Waals surface area contributed by atoms with Gasteiger partial charge in [0.05, 0.1) is 35.3 Å². The number of piperazine rings is 1. The second-order valence-corrected chi connectivity index (χ2v) is 13.0. The number of piperidine rings is 1. The predicted octanol–water partition coefficient (Wildman–Crippen LogP) is 4.95. The topological polar surface area (TPSA) is 126 Å². The molecule has 4 aliphatic rings. The van der Waals surface area contributed by atoms with Crippen molar-refractivity contribution in [1.29, 1.82) is 0 Å². The Morgan fingerprint density at radius 2 is 1.53 bits per heavy atom. The number of halogens is 2. The number of carboxylic acid groups (broad SMARTS) is 1. The van der Waals surface area contributed by atoms with Gasteiger partial charge in [-0.05, 0) is 61.6 Å². The van der Waals surface area contributed by atoms with Crippen LogP contribution in [0.1, 0.15) is 54.1 Å². The van der Waals surface area contributed by atoms with Crippen LogP contribution in [0, 0.1) is 11.6 Å². The van der Waals surface area contributed by atoms with E-state index in [1.54, 1.807) is 18.2 Å². The maximum atomic E-state index is 14.0. The Morgan fingerprint density at radius 3 is 2.16 bits per heavy atom. The highest BCUT2D eigenvalue weighted by molar-refractivity contribution is 6.04. The van der Waals surface area contributed by atoms with E-state index in [1.165, 1.54) is 42.4 Å². The monoisotopic (exact) mass is 674 g/mol. The Balaban J connectivity index is 1.11. The zero-order chi connectivity index (χ0) is 34.1. The SMILES string of the molecule is C=CC(=O)Nc1cc(Nc2cc(N3OCC[C@@H]3c3cc(F)cc(F)c3)ncn2)c(C(=O)O)cc1N1CCC(N2CCN(C3CC3)CC2)CC1. The quantitative estimate of drug-likeness (QED) is 0.253. The molecule has 4 fully saturated rings. The lowest BCUT2D eigenvalue weighted by Crippen LogP contribution is -2.53. The standard InChI is InChI=1S/C35H40F2N8O4/c1-2-34(46)41-29-19-28(40-32-20-33(39-21-38-32)45-30(7-14-49-45)22-15-23(36)17-24(37)16-22)27(35(47)48)18-31(29)44-8-5-26(6-9-44)43-12-10-42(11-13-43)25-3-4-25/h2,15-21,25-26,30H,1,3-14H2,(H,41,46)(H,47,48)(H,38,39,40)/t30-/m1/s1. The summed E-state index contributed by atoms with van der Waals surface area (Å²) in [5.41, 5.74) is 1.66. The molecule has 7 rings (SSSR count). The van der Waals surface area contributed by atoms with E-state index in [9.17, 15) is 23.5 Å². The fourth-order valence-corrected chi connectivity index (χ4v) is 7.23. The van der Waals surface area contributed by atoms with Crippen molar-refractivity contribution in [3.8, 4) is 0 Å². The van der Waals surface area contributed by atoms with E-state index < -0.39 is 29.6 Å². The lowest BCUT2D eigenvalue weighted by molar-refractivity contribution is -0.111. The van der Waals surface area contributed by atoms with Crippen LogP contribution in [0.3, 0.4) is 0 Å². The summed E-state index contributed by atoms with van der Waals surface area (Å²) in [6.45, 7) is 9.71. The number of carboxylic acids is 1. The molecular weight excluding hydrogens is 634 g/mol. The zero-order valence-electron chi connectivity index (χ0n) is 27.2. The molecule has 3 N–H and O–H groups in total. The van der Waals surface area contributed by atoms with Gasteiger partial charge in [0.2, 0.25) is 5.91 Å². The van der Waals surface area contributed by atoms with Crippen LogP contribution in [0.4, 0.5) is 37.5 Å². The minimum Gasteiger partial charge on any atom is -0.478 e. The first-order chi connectivity index (χ1) is 23.7. The molecule has 0 bridgehead atoms. The van der Waals surface area contributed by atoms with Crippen molar-refractivity contribution in [3.63, 3.8) is 0 Å². The summed E-state index contributed by atoms with van der Waals surface area (Å²) in [6, 6.07) is 8.82. The summed E-state index contributed by atoms with van der Waals surface area (Å²) < 4.78 is 28.0. The number of hydrogen-bond acceptors (Lipinski definition) is 10. The van der Waals surface area contributed by atoms with Crippen molar-refractivity contribution in [2.24, 2.45) is 0 Å². The Kier molecular flexibility index (Phi) is 9.43. The molecule has 49 heavy (non-hydrogen) atoms. The first kappa shape index (κ1) is 32.9. The van der Waals surface area contributed by atoms with Gasteiger partial charge in [-0.25, -0.2) is 28.6 Å². The number of carbonyl (C=O) groups is 2. The van der Waals surface area contributed by atoms with Gasteiger partial charge in [-0.1, -0.05) is 6.58 Å². The highest BCUT2D eigenvalue weighted by Crippen LogP contribution is 2.38. The number of amides is 1. The van der Waals surface area contributed by atoms with Crippen LogP contribution in [0.25, 0.3) is 0 Å². The van der Waals surface area contributed by atoms with Crippen molar-refractivity contribution >= 4 is 40.6 Å². The number of rotatable bonds is 10. The lowest BCUT2D eigenvalue weighted by atomic mass is 10.00. The minimum atomic E-state index is -1.15. The molecule has 1 saturated carbocycles. The van der Waals surface area contributed by atoms with Gasteiger partial charge >= 0.3 is 5.97 Å².